The lowest BCUT2D eigenvalue weighted by molar-refractivity contribution is -0.0440. The maximum atomic E-state index is 13.6. The van der Waals surface area contributed by atoms with E-state index in [-0.39, 0.29) is 37.3 Å². The molecule has 0 bridgehead atoms. The molecule has 0 atom stereocenters. The first-order chi connectivity index (χ1) is 12.5. The summed E-state index contributed by atoms with van der Waals surface area (Å²) in [5, 5.41) is 3.61. The minimum Gasteiger partial charge on any atom is -0.324 e. The first-order valence-corrected chi connectivity index (χ1v) is 8.60. The molecule has 3 aromatic rings. The van der Waals surface area contributed by atoms with E-state index in [0.29, 0.717) is 22.5 Å². The van der Waals surface area contributed by atoms with Gasteiger partial charge in [0.1, 0.15) is 0 Å². The van der Waals surface area contributed by atoms with Crippen LogP contribution in [0.1, 0.15) is 31.7 Å². The van der Waals surface area contributed by atoms with Gasteiger partial charge in [0.15, 0.2) is 0 Å². The molecular weight excluding hydrogens is 338 g/mol. The Morgan fingerprint density at radius 2 is 1.88 bits per heavy atom. The minimum atomic E-state index is -2.65. The van der Waals surface area contributed by atoms with Crippen LogP contribution < -0.4 is 10.9 Å². The summed E-state index contributed by atoms with van der Waals surface area (Å²) in [6.07, 6.45) is 3.33. The molecule has 0 amide bonds. The molecule has 134 valence electrons. The second-order valence-corrected chi connectivity index (χ2v) is 6.58. The highest BCUT2D eigenvalue weighted by atomic mass is 19.3. The van der Waals surface area contributed by atoms with Crippen molar-refractivity contribution in [3.05, 3.63) is 59.1 Å². The predicted octanol–water partition coefficient (Wildman–Crippen LogP) is 4.29. The quantitative estimate of drug-likeness (QED) is 0.761. The number of pyridine rings is 1. The van der Waals surface area contributed by atoms with Crippen LogP contribution in [0.4, 0.5) is 20.4 Å². The second-order valence-electron chi connectivity index (χ2n) is 6.58. The molecule has 1 fully saturated rings. The van der Waals surface area contributed by atoms with Crippen LogP contribution in [-0.2, 0) is 0 Å². The Bertz CT molecular complexity index is 978. The van der Waals surface area contributed by atoms with E-state index in [1.807, 2.05) is 12.1 Å². The fourth-order valence-corrected chi connectivity index (χ4v) is 3.42. The van der Waals surface area contributed by atoms with Crippen LogP contribution in [0.3, 0.4) is 0 Å². The zero-order valence-electron chi connectivity index (χ0n) is 14.0. The highest BCUT2D eigenvalue weighted by Crippen LogP contribution is 2.39. The number of halogens is 2. The average molecular weight is 356 g/mol. The van der Waals surface area contributed by atoms with Crippen LogP contribution in [0, 0.1) is 0 Å². The smallest absolute Gasteiger partial charge is 0.263 e. The standard InChI is InChI=1S/C19H18F2N4O/c20-19(21)9-7-14(8-10-19)25-17(26)15-5-1-2-6-16(15)24-18(25)23-13-4-3-11-22-12-13/h1-6,11-12,14H,7-10H2,(H,23,24). The van der Waals surface area contributed by atoms with E-state index in [1.54, 1.807) is 36.7 Å². The number of alkyl halides is 2. The summed E-state index contributed by atoms with van der Waals surface area (Å²) in [7, 11) is 0. The molecule has 1 aromatic carbocycles. The Balaban J connectivity index is 1.82. The molecule has 4 rings (SSSR count). The molecule has 0 spiro atoms. The van der Waals surface area contributed by atoms with Crippen LogP contribution in [0.15, 0.2) is 53.6 Å². The molecule has 2 heterocycles. The van der Waals surface area contributed by atoms with Crippen LogP contribution >= 0.6 is 0 Å². The lowest BCUT2D eigenvalue weighted by atomic mass is 9.92. The average Bonchev–Trinajstić information content (AvgIpc) is 2.64. The van der Waals surface area contributed by atoms with Crippen molar-refractivity contribution >= 4 is 22.5 Å². The van der Waals surface area contributed by atoms with E-state index >= 15 is 0 Å². The number of nitrogens with one attached hydrogen (secondary N) is 1. The number of aromatic nitrogens is 3. The van der Waals surface area contributed by atoms with Crippen molar-refractivity contribution in [2.75, 3.05) is 5.32 Å². The van der Waals surface area contributed by atoms with E-state index in [4.69, 9.17) is 0 Å². The number of hydrogen-bond acceptors (Lipinski definition) is 4. The van der Waals surface area contributed by atoms with Crippen molar-refractivity contribution in [3.63, 3.8) is 0 Å². The second kappa shape index (κ2) is 6.48. The third kappa shape index (κ3) is 3.16. The third-order valence-electron chi connectivity index (χ3n) is 4.78. The third-order valence-corrected chi connectivity index (χ3v) is 4.78. The minimum absolute atomic E-state index is 0.211. The van der Waals surface area contributed by atoms with Crippen molar-refractivity contribution in [1.29, 1.82) is 0 Å². The van der Waals surface area contributed by atoms with Crippen molar-refractivity contribution in [1.82, 2.24) is 14.5 Å². The molecule has 2 aromatic heterocycles. The van der Waals surface area contributed by atoms with Gasteiger partial charge in [-0.15, -0.1) is 0 Å². The number of hydrogen-bond donors (Lipinski definition) is 1. The Hall–Kier alpha value is -2.83. The van der Waals surface area contributed by atoms with Gasteiger partial charge in [0, 0.05) is 25.1 Å². The molecule has 0 unspecified atom stereocenters. The van der Waals surface area contributed by atoms with Gasteiger partial charge in [0.2, 0.25) is 11.9 Å². The molecule has 7 heteroatoms. The van der Waals surface area contributed by atoms with Crippen LogP contribution in [0.25, 0.3) is 10.9 Å². The molecule has 26 heavy (non-hydrogen) atoms. The van der Waals surface area contributed by atoms with Crippen LogP contribution in [-0.4, -0.2) is 20.5 Å². The number of para-hydroxylation sites is 1. The van der Waals surface area contributed by atoms with Gasteiger partial charge in [-0.2, -0.15) is 0 Å². The number of rotatable bonds is 3. The van der Waals surface area contributed by atoms with Crippen molar-refractivity contribution in [2.45, 2.75) is 37.6 Å². The monoisotopic (exact) mass is 356 g/mol. The van der Waals surface area contributed by atoms with E-state index in [2.05, 4.69) is 15.3 Å². The van der Waals surface area contributed by atoms with Crippen LogP contribution in [0.2, 0.25) is 0 Å². The molecule has 0 radical (unpaired) electrons. The maximum absolute atomic E-state index is 13.6. The number of anilines is 2. The fourth-order valence-electron chi connectivity index (χ4n) is 3.42. The predicted molar refractivity (Wildman–Crippen MR) is 96.0 cm³/mol. The summed E-state index contributed by atoms with van der Waals surface area (Å²) in [4.78, 5) is 21.7. The van der Waals surface area contributed by atoms with Gasteiger partial charge in [-0.25, -0.2) is 13.8 Å². The Kier molecular flexibility index (Phi) is 4.14. The zero-order chi connectivity index (χ0) is 18.1. The van der Waals surface area contributed by atoms with E-state index < -0.39 is 5.92 Å². The summed E-state index contributed by atoms with van der Waals surface area (Å²) >= 11 is 0. The van der Waals surface area contributed by atoms with Gasteiger partial charge in [-0.05, 0) is 37.1 Å². The first kappa shape index (κ1) is 16.6. The van der Waals surface area contributed by atoms with Gasteiger partial charge in [-0.1, -0.05) is 12.1 Å². The maximum Gasteiger partial charge on any atom is 0.263 e. The van der Waals surface area contributed by atoms with E-state index in [0.717, 1.165) is 0 Å². The number of fused-ring (bicyclic) bond motifs is 1. The molecule has 0 saturated heterocycles. The summed E-state index contributed by atoms with van der Waals surface area (Å²) < 4.78 is 28.7. The first-order valence-electron chi connectivity index (χ1n) is 8.60. The molecule has 1 saturated carbocycles. The van der Waals surface area contributed by atoms with Gasteiger partial charge in [0.25, 0.3) is 5.56 Å². The van der Waals surface area contributed by atoms with Gasteiger partial charge >= 0.3 is 0 Å². The lowest BCUT2D eigenvalue weighted by Crippen LogP contribution is -2.33. The normalized spacial score (nSPS) is 17.3. The van der Waals surface area contributed by atoms with Crippen LogP contribution in [0.5, 0.6) is 0 Å². The summed E-state index contributed by atoms with van der Waals surface area (Å²) in [5.41, 5.74) is 1.04. The number of nitrogens with zero attached hydrogens (tertiary/aromatic N) is 3. The Morgan fingerprint density at radius 1 is 1.12 bits per heavy atom. The zero-order valence-corrected chi connectivity index (χ0v) is 14.0. The largest absolute Gasteiger partial charge is 0.324 e. The summed E-state index contributed by atoms with van der Waals surface area (Å²) in [6, 6.07) is 10.4. The van der Waals surface area contributed by atoms with Gasteiger partial charge in [0.05, 0.1) is 22.8 Å². The topological polar surface area (TPSA) is 59.8 Å². The van der Waals surface area contributed by atoms with Gasteiger partial charge < -0.3 is 5.32 Å². The Labute approximate surface area is 148 Å². The van der Waals surface area contributed by atoms with Crippen molar-refractivity contribution in [3.8, 4) is 0 Å². The van der Waals surface area contributed by atoms with Crippen molar-refractivity contribution < 1.29 is 8.78 Å². The summed E-state index contributed by atoms with van der Waals surface area (Å²) in [5.74, 6) is -2.29. The highest BCUT2D eigenvalue weighted by molar-refractivity contribution is 5.79. The fraction of sp³-hybridized carbons (Fsp3) is 0.316. The van der Waals surface area contributed by atoms with E-state index in [9.17, 15) is 13.6 Å². The van der Waals surface area contributed by atoms with Gasteiger partial charge in [-0.3, -0.25) is 14.3 Å². The molecular formula is C19H18F2N4O. The molecule has 1 N–H and O–H groups in total. The SMILES string of the molecule is O=c1c2ccccc2nc(Nc2cccnc2)n1C1CCC(F)(F)CC1. The molecule has 1 aliphatic rings. The lowest BCUT2D eigenvalue weighted by Gasteiger charge is -2.30. The molecule has 1 aliphatic carbocycles. The molecule has 5 nitrogen and oxygen atoms in total. The molecule has 0 aliphatic heterocycles. The Morgan fingerprint density at radius 3 is 2.62 bits per heavy atom. The highest BCUT2D eigenvalue weighted by Gasteiger charge is 2.36. The summed E-state index contributed by atoms with van der Waals surface area (Å²) in [6.45, 7) is 0. The number of benzene rings is 1. The van der Waals surface area contributed by atoms with E-state index in [1.165, 1.54) is 4.57 Å². The van der Waals surface area contributed by atoms with Crippen molar-refractivity contribution in [2.24, 2.45) is 0 Å².